The molecule has 0 heterocycles. The second-order valence-electron chi connectivity index (χ2n) is 4.55. The lowest BCUT2D eigenvalue weighted by Crippen LogP contribution is -2.15. The number of rotatable bonds is 5. The van der Waals surface area contributed by atoms with E-state index in [0.29, 0.717) is 0 Å². The van der Waals surface area contributed by atoms with Crippen molar-refractivity contribution in [2.75, 3.05) is 13.2 Å². The molecule has 0 radical (unpaired) electrons. The lowest BCUT2D eigenvalue weighted by Gasteiger charge is -2.22. The molecule has 0 aliphatic heterocycles. The predicted octanol–water partition coefficient (Wildman–Crippen LogP) is 3.63. The lowest BCUT2D eigenvalue weighted by atomic mass is 9.90. The highest BCUT2D eigenvalue weighted by Gasteiger charge is 2.13. The van der Waals surface area contributed by atoms with Crippen LogP contribution >= 0.6 is 0 Å². The molecule has 13 heavy (non-hydrogen) atoms. The topological polar surface area (TPSA) is 9.23 Å². The zero-order chi connectivity index (χ0) is 9.52. The largest absolute Gasteiger partial charge is 0.381 e. The highest BCUT2D eigenvalue weighted by atomic mass is 16.5. The Morgan fingerprint density at radius 1 is 1.23 bits per heavy atom. The Hall–Kier alpha value is -0.0400. The van der Waals surface area contributed by atoms with Gasteiger partial charge in [0.2, 0.25) is 0 Å². The van der Waals surface area contributed by atoms with Gasteiger partial charge in [0.1, 0.15) is 0 Å². The third-order valence-corrected chi connectivity index (χ3v) is 3.18. The second-order valence-corrected chi connectivity index (χ2v) is 4.55. The molecule has 0 aromatic rings. The smallest absolute Gasteiger partial charge is 0.0494 e. The maximum absolute atomic E-state index is 5.73. The first-order valence-electron chi connectivity index (χ1n) is 5.90. The van der Waals surface area contributed by atoms with Crippen LogP contribution in [-0.2, 0) is 4.74 Å². The van der Waals surface area contributed by atoms with E-state index in [2.05, 4.69) is 13.8 Å². The van der Waals surface area contributed by atoms with Crippen LogP contribution in [0.15, 0.2) is 0 Å². The van der Waals surface area contributed by atoms with E-state index in [1.807, 2.05) is 0 Å². The highest BCUT2D eigenvalue weighted by molar-refractivity contribution is 4.64. The SMILES string of the molecule is CCC(C)COCC1CCCCC1. The number of hydrogen-bond acceptors (Lipinski definition) is 1. The first kappa shape index (κ1) is 11.0. The van der Waals surface area contributed by atoms with E-state index in [-0.39, 0.29) is 0 Å². The highest BCUT2D eigenvalue weighted by Crippen LogP contribution is 2.23. The molecule has 1 heteroatoms. The van der Waals surface area contributed by atoms with Gasteiger partial charge in [-0.05, 0) is 24.7 Å². The van der Waals surface area contributed by atoms with Crippen molar-refractivity contribution < 1.29 is 4.74 Å². The molecule has 0 bridgehead atoms. The fourth-order valence-electron chi connectivity index (χ4n) is 1.91. The van der Waals surface area contributed by atoms with Crippen LogP contribution in [0.25, 0.3) is 0 Å². The van der Waals surface area contributed by atoms with Crippen molar-refractivity contribution in [1.82, 2.24) is 0 Å². The fourth-order valence-corrected chi connectivity index (χ4v) is 1.91. The van der Waals surface area contributed by atoms with Gasteiger partial charge in [0.05, 0.1) is 0 Å². The Morgan fingerprint density at radius 3 is 2.54 bits per heavy atom. The summed E-state index contributed by atoms with van der Waals surface area (Å²) in [6.07, 6.45) is 8.35. The molecule has 0 aromatic heterocycles. The molecular weight excluding hydrogens is 160 g/mol. The molecule has 0 aromatic carbocycles. The van der Waals surface area contributed by atoms with E-state index in [0.717, 1.165) is 25.0 Å². The minimum Gasteiger partial charge on any atom is -0.381 e. The van der Waals surface area contributed by atoms with Crippen LogP contribution in [0.2, 0.25) is 0 Å². The van der Waals surface area contributed by atoms with Crippen LogP contribution in [0.3, 0.4) is 0 Å². The Labute approximate surface area is 82.9 Å². The van der Waals surface area contributed by atoms with Crippen molar-refractivity contribution in [2.24, 2.45) is 11.8 Å². The molecule has 0 spiro atoms. The molecule has 1 unspecified atom stereocenters. The molecule has 1 aliphatic carbocycles. The van der Waals surface area contributed by atoms with Crippen LogP contribution in [-0.4, -0.2) is 13.2 Å². The second kappa shape index (κ2) is 6.42. The fraction of sp³-hybridized carbons (Fsp3) is 1.00. The maximum atomic E-state index is 5.73. The van der Waals surface area contributed by atoms with E-state index in [4.69, 9.17) is 4.74 Å². The van der Waals surface area contributed by atoms with Crippen molar-refractivity contribution >= 4 is 0 Å². The van der Waals surface area contributed by atoms with Crippen molar-refractivity contribution in [1.29, 1.82) is 0 Å². The van der Waals surface area contributed by atoms with Crippen LogP contribution in [0.1, 0.15) is 52.4 Å². The van der Waals surface area contributed by atoms with Gasteiger partial charge in [-0.25, -0.2) is 0 Å². The number of hydrogen-bond donors (Lipinski definition) is 0. The van der Waals surface area contributed by atoms with Crippen LogP contribution < -0.4 is 0 Å². The summed E-state index contributed by atoms with van der Waals surface area (Å²) >= 11 is 0. The van der Waals surface area contributed by atoms with Gasteiger partial charge in [-0.2, -0.15) is 0 Å². The van der Waals surface area contributed by atoms with E-state index in [1.165, 1.54) is 38.5 Å². The minimum absolute atomic E-state index is 0.739. The van der Waals surface area contributed by atoms with Crippen molar-refractivity contribution in [3.63, 3.8) is 0 Å². The summed E-state index contributed by atoms with van der Waals surface area (Å²) in [6.45, 7) is 6.48. The molecule has 0 N–H and O–H groups in total. The maximum Gasteiger partial charge on any atom is 0.0494 e. The lowest BCUT2D eigenvalue weighted by molar-refractivity contribution is 0.0633. The van der Waals surface area contributed by atoms with Gasteiger partial charge in [0, 0.05) is 13.2 Å². The summed E-state index contributed by atoms with van der Waals surface area (Å²) in [5.41, 5.74) is 0. The molecule has 1 atom stereocenters. The van der Waals surface area contributed by atoms with E-state index >= 15 is 0 Å². The quantitative estimate of drug-likeness (QED) is 0.634. The van der Waals surface area contributed by atoms with Gasteiger partial charge in [-0.15, -0.1) is 0 Å². The van der Waals surface area contributed by atoms with Crippen LogP contribution in [0, 0.1) is 11.8 Å². The third-order valence-electron chi connectivity index (χ3n) is 3.18. The van der Waals surface area contributed by atoms with Gasteiger partial charge in [0.15, 0.2) is 0 Å². The molecule has 78 valence electrons. The minimum atomic E-state index is 0.739. The van der Waals surface area contributed by atoms with Gasteiger partial charge in [0.25, 0.3) is 0 Å². The predicted molar refractivity (Wildman–Crippen MR) is 56.8 cm³/mol. The van der Waals surface area contributed by atoms with Gasteiger partial charge in [-0.1, -0.05) is 39.5 Å². The van der Waals surface area contributed by atoms with Crippen molar-refractivity contribution in [3.05, 3.63) is 0 Å². The van der Waals surface area contributed by atoms with Crippen molar-refractivity contribution in [2.45, 2.75) is 52.4 Å². The van der Waals surface area contributed by atoms with Crippen LogP contribution in [0.5, 0.6) is 0 Å². The average molecular weight is 184 g/mol. The third kappa shape index (κ3) is 4.66. The molecule has 1 rings (SSSR count). The van der Waals surface area contributed by atoms with Crippen molar-refractivity contribution in [3.8, 4) is 0 Å². The normalized spacial score (nSPS) is 21.7. The molecule has 0 amide bonds. The molecule has 1 saturated carbocycles. The van der Waals surface area contributed by atoms with Gasteiger partial charge < -0.3 is 4.74 Å². The summed E-state index contributed by atoms with van der Waals surface area (Å²) in [5, 5.41) is 0. The van der Waals surface area contributed by atoms with Crippen LogP contribution in [0.4, 0.5) is 0 Å². The summed E-state index contributed by atoms with van der Waals surface area (Å²) in [5.74, 6) is 1.61. The molecular formula is C12H24O. The molecule has 1 fully saturated rings. The summed E-state index contributed by atoms with van der Waals surface area (Å²) in [7, 11) is 0. The number of ether oxygens (including phenoxy) is 1. The zero-order valence-corrected chi connectivity index (χ0v) is 9.22. The van der Waals surface area contributed by atoms with E-state index in [1.54, 1.807) is 0 Å². The van der Waals surface area contributed by atoms with Gasteiger partial charge >= 0.3 is 0 Å². The van der Waals surface area contributed by atoms with E-state index < -0.39 is 0 Å². The standard InChI is InChI=1S/C12H24O/c1-3-11(2)9-13-10-12-7-5-4-6-8-12/h11-12H,3-10H2,1-2H3. The Morgan fingerprint density at radius 2 is 1.92 bits per heavy atom. The Bertz CT molecular complexity index is 116. The Kier molecular flexibility index (Phi) is 5.45. The molecule has 1 aliphatic rings. The summed E-state index contributed by atoms with van der Waals surface area (Å²) in [4.78, 5) is 0. The molecule has 0 saturated heterocycles. The Balaban J connectivity index is 1.98. The first-order valence-corrected chi connectivity index (χ1v) is 5.90. The first-order chi connectivity index (χ1) is 6.33. The monoisotopic (exact) mass is 184 g/mol. The van der Waals surface area contributed by atoms with E-state index in [9.17, 15) is 0 Å². The zero-order valence-electron chi connectivity index (χ0n) is 9.22. The average Bonchev–Trinajstić information content (AvgIpc) is 2.19. The molecule has 1 nitrogen and oxygen atoms in total. The summed E-state index contributed by atoms with van der Waals surface area (Å²) in [6, 6.07) is 0. The van der Waals surface area contributed by atoms with Gasteiger partial charge in [-0.3, -0.25) is 0 Å². The summed E-state index contributed by atoms with van der Waals surface area (Å²) < 4.78 is 5.73.